The van der Waals surface area contributed by atoms with E-state index in [-0.39, 0.29) is 0 Å². The smallest absolute Gasteiger partial charge is 0.0702 e. The summed E-state index contributed by atoms with van der Waals surface area (Å²) in [5, 5.41) is 20.5. The van der Waals surface area contributed by atoms with Crippen molar-refractivity contribution in [2.24, 2.45) is 0 Å². The lowest BCUT2D eigenvalue weighted by molar-refractivity contribution is 1.33. The number of aromatic nitrogens is 2. The van der Waals surface area contributed by atoms with Crippen molar-refractivity contribution in [2.45, 2.75) is 0 Å². The average molecular weight is 833 g/mol. The maximum atomic E-state index is 4.83. The van der Waals surface area contributed by atoms with Gasteiger partial charge in [0.15, 0.2) is 0 Å². The van der Waals surface area contributed by atoms with Gasteiger partial charge in [0.1, 0.15) is 0 Å². The summed E-state index contributed by atoms with van der Waals surface area (Å²) in [6, 6.07) is 76.7. The van der Waals surface area contributed by atoms with Crippen molar-refractivity contribution in [2.75, 3.05) is 0 Å². The number of benzene rings is 12. The molecule has 1 aliphatic carbocycles. The van der Waals surface area contributed by atoms with Crippen molar-refractivity contribution < 1.29 is 0 Å². The van der Waals surface area contributed by atoms with Crippen LogP contribution in [-0.2, 0) is 0 Å². The lowest BCUT2D eigenvalue weighted by Crippen LogP contribution is -1.95. The SMILES string of the molecule is c1ccc(-c2cccc(-c3c4cc5c(cc4c(-c4cccc(-c6ccccn6)c4)c4c6ccccc6c6ccccc6c34)-c3ccc4c6cccc7cccc(c8ccc-5c3c84)c76)c2)nc1. The summed E-state index contributed by atoms with van der Waals surface area (Å²) in [5.74, 6) is 0. The molecule has 2 heterocycles. The third kappa shape index (κ3) is 4.85. The van der Waals surface area contributed by atoms with Gasteiger partial charge in [-0.15, -0.1) is 0 Å². The van der Waals surface area contributed by atoms with Crippen LogP contribution < -0.4 is 0 Å². The fourth-order valence-corrected chi connectivity index (χ4v) is 11.9. The summed E-state index contributed by atoms with van der Waals surface area (Å²) in [7, 11) is 0. The highest BCUT2D eigenvalue weighted by Gasteiger charge is 2.29. The standard InChI is InChI=1S/C64H36N2/c1-3-21-44-42(19-1)43-20-2-4-22-45(43)64-60(41-18-10-16-39(34-41)57-26-6-8-32-66-57)55-36-53-51-30-28-49-47-24-12-14-37-13-11-23-46(58(37)47)48-27-29-50(62(51)61(48)49)52(53)35-54(55)59(63(44)64)40-17-9-15-38(33-40)56-25-5-7-31-65-56/h1-36H. The van der Waals surface area contributed by atoms with Gasteiger partial charge in [0, 0.05) is 23.5 Å². The Morgan fingerprint density at radius 1 is 0.227 bits per heavy atom. The van der Waals surface area contributed by atoms with Gasteiger partial charge in [-0.05, 0) is 179 Å². The Labute approximate surface area is 380 Å². The molecule has 0 radical (unpaired) electrons. The fourth-order valence-electron chi connectivity index (χ4n) is 11.9. The van der Waals surface area contributed by atoms with Crippen molar-refractivity contribution in [3.05, 3.63) is 219 Å². The summed E-state index contributed by atoms with van der Waals surface area (Å²) in [6.45, 7) is 0. The number of pyridine rings is 2. The molecule has 2 nitrogen and oxygen atoms in total. The molecular formula is C64H36N2. The molecule has 0 N–H and O–H groups in total. The molecule has 1 aliphatic rings. The van der Waals surface area contributed by atoms with E-state index in [4.69, 9.17) is 9.97 Å². The predicted molar refractivity (Wildman–Crippen MR) is 279 cm³/mol. The van der Waals surface area contributed by atoms with Crippen LogP contribution >= 0.6 is 0 Å². The minimum absolute atomic E-state index is 0.958. The highest BCUT2D eigenvalue weighted by molar-refractivity contribution is 6.40. The quantitative estimate of drug-likeness (QED) is 0.130. The number of fused-ring (bicyclic) bond motifs is 12. The van der Waals surface area contributed by atoms with Crippen LogP contribution in [-0.4, -0.2) is 9.97 Å². The molecule has 2 aromatic heterocycles. The number of nitrogens with zero attached hydrogens (tertiary/aromatic N) is 2. The first-order chi connectivity index (χ1) is 32.8. The molecule has 0 atom stereocenters. The van der Waals surface area contributed by atoms with Crippen LogP contribution in [0.5, 0.6) is 0 Å². The van der Waals surface area contributed by atoms with Crippen molar-refractivity contribution in [1.82, 2.24) is 9.97 Å². The van der Waals surface area contributed by atoms with Gasteiger partial charge in [0.2, 0.25) is 0 Å². The van der Waals surface area contributed by atoms with Crippen LogP contribution in [0.3, 0.4) is 0 Å². The van der Waals surface area contributed by atoms with Gasteiger partial charge in [0.25, 0.3) is 0 Å². The minimum Gasteiger partial charge on any atom is -0.256 e. The third-order valence-electron chi connectivity index (χ3n) is 14.6. The number of rotatable bonds is 4. The average Bonchev–Trinajstić information content (AvgIpc) is 3.71. The Bertz CT molecular complexity index is 4110. The van der Waals surface area contributed by atoms with E-state index in [1.165, 1.54) is 131 Å². The summed E-state index contributed by atoms with van der Waals surface area (Å²) in [6.07, 6.45) is 3.77. The molecule has 0 amide bonds. The second-order valence-electron chi connectivity index (χ2n) is 17.9. The molecular weight excluding hydrogens is 797 g/mol. The Balaban J connectivity index is 1.15. The highest BCUT2D eigenvalue weighted by Crippen LogP contribution is 2.57. The van der Waals surface area contributed by atoms with Gasteiger partial charge in [0.05, 0.1) is 11.4 Å². The van der Waals surface area contributed by atoms with Gasteiger partial charge in [-0.3, -0.25) is 9.97 Å². The summed E-state index contributed by atoms with van der Waals surface area (Å²) >= 11 is 0. The van der Waals surface area contributed by atoms with Crippen molar-refractivity contribution in [3.63, 3.8) is 0 Å². The zero-order valence-electron chi connectivity index (χ0n) is 35.7. The van der Waals surface area contributed by atoms with Crippen LogP contribution in [0.25, 0.3) is 153 Å². The van der Waals surface area contributed by atoms with Crippen LogP contribution in [0.4, 0.5) is 0 Å². The molecule has 0 spiro atoms. The maximum Gasteiger partial charge on any atom is 0.0702 e. The normalized spacial score (nSPS) is 12.2. The van der Waals surface area contributed by atoms with E-state index >= 15 is 0 Å². The van der Waals surface area contributed by atoms with Gasteiger partial charge in [-0.25, -0.2) is 0 Å². The lowest BCUT2D eigenvalue weighted by Gasteiger charge is -2.23. The van der Waals surface area contributed by atoms with Crippen molar-refractivity contribution >= 4 is 86.2 Å². The Kier molecular flexibility index (Phi) is 7.25. The van der Waals surface area contributed by atoms with Crippen molar-refractivity contribution in [3.8, 4) is 67.0 Å². The van der Waals surface area contributed by atoms with E-state index in [1.807, 2.05) is 24.5 Å². The first kappa shape index (κ1) is 35.7. The Morgan fingerprint density at radius 3 is 1.12 bits per heavy atom. The Hall–Kier alpha value is -8.72. The van der Waals surface area contributed by atoms with Gasteiger partial charge < -0.3 is 0 Å². The van der Waals surface area contributed by atoms with E-state index in [9.17, 15) is 0 Å². The van der Waals surface area contributed by atoms with E-state index < -0.39 is 0 Å². The molecule has 0 aliphatic heterocycles. The molecule has 2 heteroatoms. The second-order valence-corrected chi connectivity index (χ2v) is 17.9. The fraction of sp³-hybridized carbons (Fsp3) is 0. The summed E-state index contributed by atoms with van der Waals surface area (Å²) in [4.78, 5) is 9.65. The molecule has 0 saturated carbocycles. The molecule has 0 fully saturated rings. The van der Waals surface area contributed by atoms with E-state index in [0.717, 1.165) is 22.5 Å². The molecule has 302 valence electrons. The monoisotopic (exact) mass is 832 g/mol. The van der Waals surface area contributed by atoms with Crippen LogP contribution in [0, 0.1) is 0 Å². The van der Waals surface area contributed by atoms with Gasteiger partial charge >= 0.3 is 0 Å². The maximum absolute atomic E-state index is 4.83. The van der Waals surface area contributed by atoms with E-state index in [0.29, 0.717) is 0 Å². The van der Waals surface area contributed by atoms with E-state index in [1.54, 1.807) is 0 Å². The molecule has 15 rings (SSSR count). The second kappa shape index (κ2) is 13.4. The van der Waals surface area contributed by atoms with Crippen LogP contribution in [0.2, 0.25) is 0 Å². The minimum atomic E-state index is 0.958. The zero-order chi connectivity index (χ0) is 43.0. The largest absolute Gasteiger partial charge is 0.256 e. The molecule has 14 aromatic rings. The van der Waals surface area contributed by atoms with E-state index in [2.05, 4.69) is 194 Å². The van der Waals surface area contributed by atoms with Crippen molar-refractivity contribution in [1.29, 1.82) is 0 Å². The topological polar surface area (TPSA) is 25.8 Å². The van der Waals surface area contributed by atoms with Gasteiger partial charge in [-0.2, -0.15) is 0 Å². The first-order valence-corrected chi connectivity index (χ1v) is 22.8. The zero-order valence-corrected chi connectivity index (χ0v) is 35.7. The molecule has 66 heavy (non-hydrogen) atoms. The lowest BCUT2D eigenvalue weighted by atomic mass is 9.80. The Morgan fingerprint density at radius 2 is 0.636 bits per heavy atom. The number of hydrogen-bond acceptors (Lipinski definition) is 2. The third-order valence-corrected chi connectivity index (χ3v) is 14.6. The van der Waals surface area contributed by atoms with Gasteiger partial charge in [-0.1, -0.05) is 158 Å². The van der Waals surface area contributed by atoms with Crippen LogP contribution in [0.1, 0.15) is 0 Å². The summed E-state index contributed by atoms with van der Waals surface area (Å²) in [5.41, 5.74) is 14.0. The summed E-state index contributed by atoms with van der Waals surface area (Å²) < 4.78 is 0. The van der Waals surface area contributed by atoms with Crippen LogP contribution in [0.15, 0.2) is 219 Å². The molecule has 0 bridgehead atoms. The molecule has 0 saturated heterocycles. The predicted octanol–water partition coefficient (Wildman–Crippen LogP) is 17.5. The molecule has 0 unspecified atom stereocenters. The highest BCUT2D eigenvalue weighted by atomic mass is 14.7. The molecule has 12 aromatic carbocycles. The first-order valence-electron chi connectivity index (χ1n) is 22.8. The number of hydrogen-bond donors (Lipinski definition) is 0.